The molecule has 5 aliphatic rings. The third-order valence-corrected chi connectivity index (χ3v) is 8.75. The molecule has 3 atom stereocenters. The number of rotatable bonds is 2. The molecule has 0 aromatic heterocycles. The Morgan fingerprint density at radius 1 is 1.13 bits per heavy atom. The molecule has 3 unspecified atom stereocenters. The fourth-order valence-electron chi connectivity index (χ4n) is 7.14. The molecule has 30 heavy (non-hydrogen) atoms. The summed E-state index contributed by atoms with van der Waals surface area (Å²) in [5.41, 5.74) is 5.75. The van der Waals surface area contributed by atoms with E-state index in [0.717, 1.165) is 30.1 Å². The highest BCUT2D eigenvalue weighted by Crippen LogP contribution is 2.51. The maximum Gasteiger partial charge on any atom is 0.276 e. The number of amides is 1. The number of carbonyl (C=O) groups is 1. The Hall–Kier alpha value is -1.94. The van der Waals surface area contributed by atoms with Crippen LogP contribution in [0.15, 0.2) is 34.8 Å². The SMILES string of the molecule is CC1=CC(C(=O)N2CC3(CCN(C4CC5CCC4C5)CC3)c3cc(C)ccc32)=NC1. The maximum atomic E-state index is 13.4. The third kappa shape index (κ3) is 2.83. The van der Waals surface area contributed by atoms with Crippen molar-refractivity contribution in [2.24, 2.45) is 16.8 Å². The highest BCUT2D eigenvalue weighted by molar-refractivity contribution is 6.48. The molecular weight excluding hydrogens is 370 g/mol. The summed E-state index contributed by atoms with van der Waals surface area (Å²) in [6, 6.07) is 7.51. The molecule has 2 aliphatic carbocycles. The van der Waals surface area contributed by atoms with Crippen LogP contribution in [0.25, 0.3) is 0 Å². The van der Waals surface area contributed by atoms with Crippen molar-refractivity contribution in [1.29, 1.82) is 0 Å². The number of fused-ring (bicyclic) bond motifs is 4. The van der Waals surface area contributed by atoms with Crippen LogP contribution in [-0.4, -0.2) is 48.7 Å². The number of anilines is 1. The molecule has 1 spiro atoms. The van der Waals surface area contributed by atoms with Crippen molar-refractivity contribution >= 4 is 17.3 Å². The molecule has 2 bridgehead atoms. The molecule has 1 aromatic carbocycles. The van der Waals surface area contributed by atoms with Gasteiger partial charge < -0.3 is 9.80 Å². The largest absolute Gasteiger partial charge is 0.306 e. The van der Waals surface area contributed by atoms with E-state index in [0.29, 0.717) is 12.3 Å². The lowest BCUT2D eigenvalue weighted by Gasteiger charge is -2.44. The summed E-state index contributed by atoms with van der Waals surface area (Å²) in [7, 11) is 0. The van der Waals surface area contributed by atoms with Crippen LogP contribution < -0.4 is 4.90 Å². The summed E-state index contributed by atoms with van der Waals surface area (Å²) in [6.07, 6.45) is 10.1. The molecule has 4 nitrogen and oxygen atoms in total. The minimum absolute atomic E-state index is 0.0874. The summed E-state index contributed by atoms with van der Waals surface area (Å²) < 4.78 is 0. The molecule has 3 heterocycles. The van der Waals surface area contributed by atoms with Gasteiger partial charge >= 0.3 is 0 Å². The molecule has 4 heteroatoms. The van der Waals surface area contributed by atoms with Gasteiger partial charge in [-0.25, -0.2) is 0 Å². The first-order valence-electron chi connectivity index (χ1n) is 11.9. The van der Waals surface area contributed by atoms with Crippen LogP contribution in [0.4, 0.5) is 5.69 Å². The first kappa shape index (κ1) is 18.8. The molecule has 6 rings (SSSR count). The van der Waals surface area contributed by atoms with Crippen molar-refractivity contribution in [1.82, 2.24) is 4.90 Å². The highest BCUT2D eigenvalue weighted by atomic mass is 16.2. The van der Waals surface area contributed by atoms with E-state index in [1.165, 1.54) is 68.3 Å². The molecule has 3 aliphatic heterocycles. The number of carbonyl (C=O) groups excluding carboxylic acids is 1. The average molecular weight is 404 g/mol. The quantitative estimate of drug-likeness (QED) is 0.739. The summed E-state index contributed by atoms with van der Waals surface area (Å²) in [6.45, 7) is 8.08. The Balaban J connectivity index is 1.26. The fourth-order valence-corrected chi connectivity index (χ4v) is 7.14. The Morgan fingerprint density at radius 2 is 1.97 bits per heavy atom. The van der Waals surface area contributed by atoms with E-state index in [1.54, 1.807) is 0 Å². The maximum absolute atomic E-state index is 13.4. The van der Waals surface area contributed by atoms with E-state index in [-0.39, 0.29) is 11.3 Å². The molecule has 1 saturated heterocycles. The van der Waals surface area contributed by atoms with Crippen molar-refractivity contribution in [2.45, 2.75) is 63.8 Å². The Labute approximate surface area is 180 Å². The first-order valence-corrected chi connectivity index (χ1v) is 11.9. The second kappa shape index (κ2) is 6.78. The smallest absolute Gasteiger partial charge is 0.276 e. The molecule has 158 valence electrons. The zero-order valence-electron chi connectivity index (χ0n) is 18.4. The minimum atomic E-state index is 0.0874. The van der Waals surface area contributed by atoms with Crippen molar-refractivity contribution in [3.05, 3.63) is 41.0 Å². The monoisotopic (exact) mass is 403 g/mol. The van der Waals surface area contributed by atoms with Gasteiger partial charge in [0, 0.05) is 23.7 Å². The van der Waals surface area contributed by atoms with Gasteiger partial charge in [0.15, 0.2) is 0 Å². The molecular formula is C26H33N3O. The minimum Gasteiger partial charge on any atom is -0.306 e. The van der Waals surface area contributed by atoms with E-state index < -0.39 is 0 Å². The van der Waals surface area contributed by atoms with Gasteiger partial charge in [0.25, 0.3) is 5.91 Å². The zero-order valence-corrected chi connectivity index (χ0v) is 18.4. The lowest BCUT2D eigenvalue weighted by molar-refractivity contribution is -0.112. The Morgan fingerprint density at radius 3 is 2.63 bits per heavy atom. The molecule has 0 N–H and O–H groups in total. The van der Waals surface area contributed by atoms with Crippen molar-refractivity contribution in [2.75, 3.05) is 31.1 Å². The van der Waals surface area contributed by atoms with Gasteiger partial charge in [0.05, 0.1) is 6.54 Å². The van der Waals surface area contributed by atoms with Gasteiger partial charge in [-0.1, -0.05) is 24.1 Å². The number of hydrogen-bond donors (Lipinski definition) is 0. The van der Waals surface area contributed by atoms with E-state index in [9.17, 15) is 4.79 Å². The number of likely N-dealkylation sites (tertiary alicyclic amines) is 1. The second-order valence-electron chi connectivity index (χ2n) is 10.7. The van der Waals surface area contributed by atoms with Crippen molar-refractivity contribution in [3.8, 4) is 0 Å². The van der Waals surface area contributed by atoms with Crippen LogP contribution in [0, 0.1) is 18.8 Å². The van der Waals surface area contributed by atoms with Gasteiger partial charge in [0.2, 0.25) is 0 Å². The summed E-state index contributed by atoms with van der Waals surface area (Å²) in [4.78, 5) is 22.7. The molecule has 0 radical (unpaired) electrons. The average Bonchev–Trinajstić information content (AvgIpc) is 3.53. The van der Waals surface area contributed by atoms with Gasteiger partial charge in [-0.2, -0.15) is 0 Å². The van der Waals surface area contributed by atoms with Crippen molar-refractivity contribution < 1.29 is 4.79 Å². The van der Waals surface area contributed by atoms with E-state index in [1.807, 2.05) is 11.0 Å². The number of hydrogen-bond acceptors (Lipinski definition) is 3. The van der Waals surface area contributed by atoms with Gasteiger partial charge in [-0.05, 0) is 94.2 Å². The lowest BCUT2D eigenvalue weighted by Crippen LogP contribution is -2.50. The molecule has 2 saturated carbocycles. The number of aliphatic imine (C=N–C) groups is 1. The third-order valence-electron chi connectivity index (χ3n) is 8.75. The van der Waals surface area contributed by atoms with E-state index in [4.69, 9.17) is 0 Å². The normalized spacial score (nSPS) is 31.9. The van der Waals surface area contributed by atoms with Gasteiger partial charge in [0.1, 0.15) is 5.71 Å². The lowest BCUT2D eigenvalue weighted by atomic mass is 9.73. The number of benzene rings is 1. The van der Waals surface area contributed by atoms with Crippen LogP contribution >= 0.6 is 0 Å². The van der Waals surface area contributed by atoms with E-state index >= 15 is 0 Å². The number of piperidine rings is 1. The topological polar surface area (TPSA) is 35.9 Å². The zero-order chi connectivity index (χ0) is 20.5. The molecule has 1 aromatic rings. The van der Waals surface area contributed by atoms with Crippen LogP contribution in [0.3, 0.4) is 0 Å². The molecule has 3 fully saturated rings. The second-order valence-corrected chi connectivity index (χ2v) is 10.7. The number of nitrogens with zero attached hydrogens (tertiary/aromatic N) is 3. The van der Waals surface area contributed by atoms with Crippen LogP contribution in [0.1, 0.15) is 56.6 Å². The fraction of sp³-hybridized carbons (Fsp3) is 0.615. The molecule has 1 amide bonds. The predicted octanol–water partition coefficient (Wildman–Crippen LogP) is 4.26. The summed E-state index contributed by atoms with van der Waals surface area (Å²) >= 11 is 0. The number of aryl methyl sites for hydroxylation is 1. The Kier molecular flexibility index (Phi) is 4.25. The van der Waals surface area contributed by atoms with Crippen LogP contribution in [0.2, 0.25) is 0 Å². The standard InChI is InChI=1S/C26H33N3O/c1-17-3-6-23-21(11-17)26(16-29(23)25(30)22-12-18(2)15-27-22)7-9-28(10-8-26)24-14-19-4-5-20(24)13-19/h3,6,11-12,19-20,24H,4-5,7-10,13-16H2,1-2H3. The highest BCUT2D eigenvalue weighted by Gasteiger charge is 2.49. The predicted molar refractivity (Wildman–Crippen MR) is 121 cm³/mol. The Bertz CT molecular complexity index is 953. The van der Waals surface area contributed by atoms with Crippen LogP contribution in [-0.2, 0) is 10.2 Å². The summed E-state index contributed by atoms with van der Waals surface area (Å²) in [5.74, 6) is 2.04. The van der Waals surface area contributed by atoms with Gasteiger partial charge in [-0.3, -0.25) is 9.79 Å². The van der Waals surface area contributed by atoms with Gasteiger partial charge in [-0.15, -0.1) is 0 Å². The van der Waals surface area contributed by atoms with Crippen molar-refractivity contribution in [3.63, 3.8) is 0 Å². The first-order chi connectivity index (χ1) is 14.5. The van der Waals surface area contributed by atoms with Crippen LogP contribution in [0.5, 0.6) is 0 Å². The van der Waals surface area contributed by atoms with E-state index in [2.05, 4.69) is 41.9 Å². The summed E-state index contributed by atoms with van der Waals surface area (Å²) in [5, 5.41) is 0.